The summed E-state index contributed by atoms with van der Waals surface area (Å²) < 4.78 is 15.1. The van der Waals surface area contributed by atoms with E-state index in [1.165, 1.54) is 6.07 Å². The van der Waals surface area contributed by atoms with Crippen LogP contribution < -0.4 is 10.5 Å². The van der Waals surface area contributed by atoms with Gasteiger partial charge in [0.05, 0.1) is 11.2 Å². The third-order valence-electron chi connectivity index (χ3n) is 5.88. The van der Waals surface area contributed by atoms with Crippen LogP contribution >= 0.6 is 0 Å². The lowest BCUT2D eigenvalue weighted by Gasteiger charge is -2.45. The summed E-state index contributed by atoms with van der Waals surface area (Å²) in [6.07, 6.45) is 0. The maximum atomic E-state index is 13.6. The third kappa shape index (κ3) is 3.66. The van der Waals surface area contributed by atoms with Crippen molar-refractivity contribution in [3.8, 4) is 6.07 Å². The van der Waals surface area contributed by atoms with Gasteiger partial charge in [0.2, 0.25) is 0 Å². The summed E-state index contributed by atoms with van der Waals surface area (Å²) in [7, 11) is 1.71. The minimum atomic E-state index is -0.224. The number of hydrogen-bond donors (Lipinski definition) is 0. The van der Waals surface area contributed by atoms with E-state index in [4.69, 9.17) is 0 Å². The van der Waals surface area contributed by atoms with Gasteiger partial charge in [0, 0.05) is 44.8 Å². The number of benzene rings is 1. The molecule has 0 spiro atoms. The van der Waals surface area contributed by atoms with Crippen molar-refractivity contribution in [2.45, 2.75) is 32.5 Å². The summed E-state index contributed by atoms with van der Waals surface area (Å²) in [4.78, 5) is 21.6. The Morgan fingerprint density at radius 3 is 2.70 bits per heavy atom. The topological polar surface area (TPSA) is 65.2 Å². The van der Waals surface area contributed by atoms with Crippen molar-refractivity contribution in [1.82, 2.24) is 14.5 Å². The number of halogens is 1. The molecule has 1 aliphatic rings. The number of piperazine rings is 1. The van der Waals surface area contributed by atoms with E-state index in [0.29, 0.717) is 29.8 Å². The number of aromatic nitrogens is 2. The zero-order valence-electron chi connectivity index (χ0n) is 17.3. The molecular weight excluding hydrogens is 381 g/mol. The zero-order chi connectivity index (χ0) is 21.4. The number of nitrogens with zero attached hydrogens (tertiary/aromatic N) is 5. The second-order valence-electron chi connectivity index (χ2n) is 8.01. The highest BCUT2D eigenvalue weighted by Crippen LogP contribution is 2.29. The number of rotatable bonds is 3. The first-order valence-corrected chi connectivity index (χ1v) is 10.0. The summed E-state index contributed by atoms with van der Waals surface area (Å²) in [5.74, 6) is -0.224. The zero-order valence-corrected chi connectivity index (χ0v) is 17.3. The van der Waals surface area contributed by atoms with Gasteiger partial charge in [0.25, 0.3) is 5.56 Å². The van der Waals surface area contributed by atoms with E-state index < -0.39 is 0 Å². The summed E-state index contributed by atoms with van der Waals surface area (Å²) in [5.41, 5.74) is 3.29. The molecule has 0 unspecified atom stereocenters. The molecule has 0 bridgehead atoms. The Hall–Kier alpha value is -3.24. The van der Waals surface area contributed by atoms with E-state index in [1.54, 1.807) is 41.9 Å². The van der Waals surface area contributed by atoms with E-state index in [9.17, 15) is 14.4 Å². The lowest BCUT2D eigenvalue weighted by Crippen LogP contribution is -2.56. The summed E-state index contributed by atoms with van der Waals surface area (Å²) >= 11 is 0. The Morgan fingerprint density at radius 1 is 1.17 bits per heavy atom. The van der Waals surface area contributed by atoms with Crippen molar-refractivity contribution in [3.63, 3.8) is 0 Å². The van der Waals surface area contributed by atoms with Crippen molar-refractivity contribution in [2.24, 2.45) is 7.05 Å². The predicted molar refractivity (Wildman–Crippen MR) is 115 cm³/mol. The highest BCUT2D eigenvalue weighted by molar-refractivity contribution is 5.89. The number of pyridine rings is 2. The number of aryl methyl sites for hydroxylation is 1. The molecule has 4 rings (SSSR count). The van der Waals surface area contributed by atoms with Crippen LogP contribution in [0.15, 0.2) is 47.3 Å². The maximum absolute atomic E-state index is 13.6. The second-order valence-corrected chi connectivity index (χ2v) is 8.01. The van der Waals surface area contributed by atoms with E-state index in [0.717, 1.165) is 17.8 Å². The molecule has 0 aliphatic carbocycles. The molecular formula is C23H24FN5O. The molecule has 1 aliphatic heterocycles. The molecule has 154 valence electrons. The molecule has 3 heterocycles. The number of anilines is 1. The van der Waals surface area contributed by atoms with Crippen molar-refractivity contribution in [1.29, 1.82) is 5.26 Å². The molecule has 6 nitrogen and oxygen atoms in total. The molecule has 1 saturated heterocycles. The van der Waals surface area contributed by atoms with Crippen LogP contribution in [0.4, 0.5) is 10.1 Å². The smallest absolute Gasteiger partial charge is 0.252 e. The molecule has 30 heavy (non-hydrogen) atoms. The molecule has 0 radical (unpaired) electrons. The minimum absolute atomic E-state index is 0.106. The molecule has 7 heteroatoms. The van der Waals surface area contributed by atoms with Gasteiger partial charge >= 0.3 is 0 Å². The summed E-state index contributed by atoms with van der Waals surface area (Å²) in [6, 6.07) is 14.1. The Labute approximate surface area is 174 Å². The average molecular weight is 405 g/mol. The first-order valence-electron chi connectivity index (χ1n) is 10.0. The van der Waals surface area contributed by atoms with Crippen LogP contribution in [0.2, 0.25) is 0 Å². The first kappa shape index (κ1) is 20.0. The Bertz CT molecular complexity index is 1200. The van der Waals surface area contributed by atoms with Crippen molar-refractivity contribution in [2.75, 3.05) is 18.0 Å². The van der Waals surface area contributed by atoms with E-state index in [1.807, 2.05) is 6.07 Å². The molecule has 1 fully saturated rings. The molecule has 2 atom stereocenters. The molecule has 3 aromatic rings. The van der Waals surface area contributed by atoms with Gasteiger partial charge in [-0.05, 0) is 43.7 Å². The lowest BCUT2D eigenvalue weighted by molar-refractivity contribution is 0.158. The second kappa shape index (κ2) is 7.88. The van der Waals surface area contributed by atoms with Gasteiger partial charge in [0.1, 0.15) is 23.1 Å². The van der Waals surface area contributed by atoms with Crippen molar-refractivity contribution in [3.05, 3.63) is 69.9 Å². The molecule has 1 aromatic carbocycles. The molecule has 0 N–H and O–H groups in total. The van der Waals surface area contributed by atoms with E-state index >= 15 is 0 Å². The standard InChI is InChI=1S/C23H24FN5O/c1-15-13-29(16(2)12-28(15)14-17-5-4-6-18(24)9-17)21-10-22(30)27(3)20-8-7-19(11-25)26-23(20)21/h4-10,15-16H,12-14H2,1-3H3/t15-,16+/m1/s1. The average Bonchev–Trinajstić information content (AvgIpc) is 2.73. The van der Waals surface area contributed by atoms with Crippen molar-refractivity contribution >= 4 is 16.7 Å². The van der Waals surface area contributed by atoms with Gasteiger partial charge in [-0.15, -0.1) is 0 Å². The fourth-order valence-corrected chi connectivity index (χ4v) is 4.22. The Balaban J connectivity index is 1.67. The fourth-order valence-electron chi connectivity index (χ4n) is 4.22. The maximum Gasteiger partial charge on any atom is 0.252 e. The van der Waals surface area contributed by atoms with Crippen LogP contribution in [0.1, 0.15) is 25.1 Å². The SMILES string of the molecule is C[C@@H]1CN(c2cc(=O)n(C)c3ccc(C#N)nc23)[C@@H](C)CN1Cc1cccc(F)c1. The number of nitriles is 1. The van der Waals surface area contributed by atoms with Crippen LogP contribution in [0.5, 0.6) is 0 Å². The highest BCUT2D eigenvalue weighted by Gasteiger charge is 2.31. The monoisotopic (exact) mass is 405 g/mol. The molecule has 2 aromatic heterocycles. The van der Waals surface area contributed by atoms with E-state index in [2.05, 4.69) is 34.7 Å². The Kier molecular flexibility index (Phi) is 5.27. The molecule has 0 amide bonds. The van der Waals surface area contributed by atoms with Gasteiger partial charge < -0.3 is 9.47 Å². The van der Waals surface area contributed by atoms with Gasteiger partial charge in [0.15, 0.2) is 0 Å². The van der Waals surface area contributed by atoms with E-state index in [-0.39, 0.29) is 23.5 Å². The van der Waals surface area contributed by atoms with Gasteiger partial charge in [-0.3, -0.25) is 9.69 Å². The predicted octanol–water partition coefficient (Wildman–Crippen LogP) is 3.04. The van der Waals surface area contributed by atoms with Gasteiger partial charge in [-0.1, -0.05) is 12.1 Å². The van der Waals surface area contributed by atoms with Gasteiger partial charge in [-0.25, -0.2) is 9.37 Å². The largest absolute Gasteiger partial charge is 0.364 e. The van der Waals surface area contributed by atoms with Gasteiger partial charge in [-0.2, -0.15) is 5.26 Å². The first-order chi connectivity index (χ1) is 14.4. The third-order valence-corrected chi connectivity index (χ3v) is 5.88. The Morgan fingerprint density at radius 2 is 1.97 bits per heavy atom. The van der Waals surface area contributed by atoms with Crippen LogP contribution in [0.25, 0.3) is 11.0 Å². The van der Waals surface area contributed by atoms with Crippen molar-refractivity contribution < 1.29 is 4.39 Å². The highest BCUT2D eigenvalue weighted by atomic mass is 19.1. The summed E-state index contributed by atoms with van der Waals surface area (Å²) in [6.45, 7) is 6.40. The normalized spacial score (nSPS) is 19.8. The molecule has 0 saturated carbocycles. The number of fused-ring (bicyclic) bond motifs is 1. The van der Waals surface area contributed by atoms with Crippen LogP contribution in [0, 0.1) is 17.1 Å². The fraction of sp³-hybridized carbons (Fsp3) is 0.348. The summed E-state index contributed by atoms with van der Waals surface area (Å²) in [5, 5.41) is 9.28. The van der Waals surface area contributed by atoms with Crippen LogP contribution in [-0.4, -0.2) is 39.6 Å². The quantitative estimate of drug-likeness (QED) is 0.670. The minimum Gasteiger partial charge on any atom is -0.364 e. The number of hydrogen-bond acceptors (Lipinski definition) is 5. The van der Waals surface area contributed by atoms with Crippen LogP contribution in [0.3, 0.4) is 0 Å². The lowest BCUT2D eigenvalue weighted by atomic mass is 10.0. The van der Waals surface area contributed by atoms with Crippen LogP contribution in [-0.2, 0) is 13.6 Å².